The summed E-state index contributed by atoms with van der Waals surface area (Å²) < 4.78 is 39.1. The second kappa shape index (κ2) is 5.37. The number of halogens is 4. The molecule has 0 aliphatic heterocycles. The highest BCUT2D eigenvalue weighted by Crippen LogP contribution is 2.38. The van der Waals surface area contributed by atoms with E-state index >= 15 is 0 Å². The Bertz CT molecular complexity index is 667. The second-order valence-corrected chi connectivity index (χ2v) is 5.98. The minimum Gasteiger partial charge on any atom is -0.377 e. The lowest BCUT2D eigenvalue weighted by atomic mass is 10.1. The van der Waals surface area contributed by atoms with Gasteiger partial charge in [0.05, 0.1) is 11.6 Å². The van der Waals surface area contributed by atoms with Crippen molar-refractivity contribution >= 4 is 21.6 Å². The van der Waals surface area contributed by atoms with Gasteiger partial charge in [0.1, 0.15) is 0 Å². The van der Waals surface area contributed by atoms with Gasteiger partial charge in [-0.1, -0.05) is 24.3 Å². The number of hydrogen-bond acceptors (Lipinski definition) is 1. The van der Waals surface area contributed by atoms with Gasteiger partial charge in [0.25, 0.3) is 0 Å². The molecule has 0 saturated heterocycles. The van der Waals surface area contributed by atoms with E-state index in [0.717, 1.165) is 25.0 Å². The number of fused-ring (bicyclic) bond motifs is 1. The van der Waals surface area contributed by atoms with E-state index in [9.17, 15) is 13.2 Å². The molecule has 1 aliphatic rings. The Kier molecular flexibility index (Phi) is 3.69. The smallest absolute Gasteiger partial charge is 0.377 e. The monoisotopic (exact) mass is 355 g/mol. The van der Waals surface area contributed by atoms with E-state index in [0.29, 0.717) is 10.2 Å². The van der Waals surface area contributed by atoms with Gasteiger partial charge >= 0.3 is 6.18 Å². The SMILES string of the molecule is FC(F)(F)c1ccc(Br)c(NC2CCc3ccccc32)c1. The third kappa shape index (κ3) is 2.93. The number of nitrogens with one attached hydrogen (secondary N) is 1. The van der Waals surface area contributed by atoms with Crippen LogP contribution in [0.5, 0.6) is 0 Å². The number of aryl methyl sites for hydroxylation is 1. The molecular weight excluding hydrogens is 343 g/mol. The third-order valence-corrected chi connectivity index (χ3v) is 4.45. The summed E-state index contributed by atoms with van der Waals surface area (Å²) in [7, 11) is 0. The van der Waals surface area contributed by atoms with Crippen molar-refractivity contribution < 1.29 is 13.2 Å². The summed E-state index contributed by atoms with van der Waals surface area (Å²) in [6, 6.07) is 11.8. The molecule has 110 valence electrons. The average molecular weight is 356 g/mol. The summed E-state index contributed by atoms with van der Waals surface area (Å²) in [5, 5.41) is 3.23. The third-order valence-electron chi connectivity index (χ3n) is 3.76. The van der Waals surface area contributed by atoms with Crippen LogP contribution in [0.4, 0.5) is 18.9 Å². The highest BCUT2D eigenvalue weighted by Gasteiger charge is 2.31. The zero-order chi connectivity index (χ0) is 15.0. The second-order valence-electron chi connectivity index (χ2n) is 5.13. The highest BCUT2D eigenvalue weighted by molar-refractivity contribution is 9.10. The number of anilines is 1. The first-order valence-electron chi connectivity index (χ1n) is 6.66. The standard InChI is InChI=1S/C16H13BrF3N/c17-13-7-6-11(16(18,19)20)9-15(13)21-14-8-5-10-3-1-2-4-12(10)14/h1-4,6-7,9,14,21H,5,8H2. The lowest BCUT2D eigenvalue weighted by Gasteiger charge is -2.18. The summed E-state index contributed by atoms with van der Waals surface area (Å²) in [4.78, 5) is 0. The summed E-state index contributed by atoms with van der Waals surface area (Å²) in [6.07, 6.45) is -2.49. The normalized spacial score (nSPS) is 17.6. The van der Waals surface area contributed by atoms with Crippen molar-refractivity contribution in [3.8, 4) is 0 Å². The molecule has 1 unspecified atom stereocenters. The highest BCUT2D eigenvalue weighted by atomic mass is 79.9. The van der Waals surface area contributed by atoms with Crippen LogP contribution >= 0.6 is 15.9 Å². The van der Waals surface area contributed by atoms with Gasteiger partial charge in [-0.2, -0.15) is 13.2 Å². The Hall–Kier alpha value is -1.49. The van der Waals surface area contributed by atoms with Crippen LogP contribution in [-0.2, 0) is 12.6 Å². The van der Waals surface area contributed by atoms with E-state index in [4.69, 9.17) is 0 Å². The number of alkyl halides is 3. The van der Waals surface area contributed by atoms with E-state index in [1.165, 1.54) is 17.2 Å². The molecular formula is C16H13BrF3N. The van der Waals surface area contributed by atoms with E-state index in [1.54, 1.807) is 0 Å². The van der Waals surface area contributed by atoms with Crippen LogP contribution in [0.2, 0.25) is 0 Å². The Labute approximate surface area is 129 Å². The lowest BCUT2D eigenvalue weighted by Crippen LogP contribution is -2.10. The van der Waals surface area contributed by atoms with Gasteiger partial charge in [-0.25, -0.2) is 0 Å². The van der Waals surface area contributed by atoms with E-state index in [1.807, 2.05) is 18.2 Å². The molecule has 1 aliphatic carbocycles. The molecule has 0 spiro atoms. The largest absolute Gasteiger partial charge is 0.416 e. The van der Waals surface area contributed by atoms with Crippen molar-refractivity contribution in [2.45, 2.75) is 25.1 Å². The maximum Gasteiger partial charge on any atom is 0.416 e. The van der Waals surface area contributed by atoms with Crippen molar-refractivity contribution in [2.75, 3.05) is 5.32 Å². The van der Waals surface area contributed by atoms with Crippen LogP contribution in [0.1, 0.15) is 29.2 Å². The van der Waals surface area contributed by atoms with E-state index in [-0.39, 0.29) is 6.04 Å². The van der Waals surface area contributed by atoms with Crippen LogP contribution in [-0.4, -0.2) is 0 Å². The quantitative estimate of drug-likeness (QED) is 0.742. The van der Waals surface area contributed by atoms with Crippen molar-refractivity contribution in [1.29, 1.82) is 0 Å². The predicted molar refractivity (Wildman–Crippen MR) is 80.3 cm³/mol. The molecule has 0 bridgehead atoms. The molecule has 5 heteroatoms. The molecule has 1 N–H and O–H groups in total. The van der Waals surface area contributed by atoms with Crippen molar-refractivity contribution in [1.82, 2.24) is 0 Å². The summed E-state index contributed by atoms with van der Waals surface area (Å²) in [5.41, 5.74) is 2.27. The average Bonchev–Trinajstić information content (AvgIpc) is 2.83. The molecule has 3 rings (SSSR count). The van der Waals surface area contributed by atoms with Gasteiger partial charge in [0.2, 0.25) is 0 Å². The minimum atomic E-state index is -4.33. The Morgan fingerprint density at radius 1 is 1.10 bits per heavy atom. The van der Waals surface area contributed by atoms with Gasteiger partial charge in [0.15, 0.2) is 0 Å². The fourth-order valence-electron chi connectivity index (χ4n) is 2.71. The van der Waals surface area contributed by atoms with Gasteiger partial charge in [0, 0.05) is 10.2 Å². The molecule has 0 heterocycles. The maximum absolute atomic E-state index is 12.8. The fourth-order valence-corrected chi connectivity index (χ4v) is 3.07. The fraction of sp³-hybridized carbons (Fsp3) is 0.250. The Morgan fingerprint density at radius 2 is 1.86 bits per heavy atom. The van der Waals surface area contributed by atoms with Gasteiger partial charge < -0.3 is 5.32 Å². The van der Waals surface area contributed by atoms with E-state index < -0.39 is 11.7 Å². The first-order chi connectivity index (χ1) is 9.95. The van der Waals surface area contributed by atoms with Crippen LogP contribution in [0.25, 0.3) is 0 Å². The molecule has 2 aromatic carbocycles. The number of hydrogen-bond donors (Lipinski definition) is 1. The molecule has 0 fully saturated rings. The summed E-state index contributed by atoms with van der Waals surface area (Å²) >= 11 is 3.31. The Morgan fingerprint density at radius 3 is 2.62 bits per heavy atom. The molecule has 1 nitrogen and oxygen atoms in total. The maximum atomic E-state index is 12.8. The molecule has 0 aromatic heterocycles. The van der Waals surface area contributed by atoms with Gasteiger partial charge in [-0.15, -0.1) is 0 Å². The van der Waals surface area contributed by atoms with E-state index in [2.05, 4.69) is 27.3 Å². The first kappa shape index (κ1) is 14.4. The van der Waals surface area contributed by atoms with Crippen LogP contribution < -0.4 is 5.32 Å². The summed E-state index contributed by atoms with van der Waals surface area (Å²) in [6.45, 7) is 0. The number of benzene rings is 2. The van der Waals surface area contributed by atoms with Crippen LogP contribution in [0.15, 0.2) is 46.9 Å². The topological polar surface area (TPSA) is 12.0 Å². The predicted octanol–water partition coefficient (Wildman–Crippen LogP) is 5.57. The van der Waals surface area contributed by atoms with Crippen LogP contribution in [0, 0.1) is 0 Å². The molecule has 2 aromatic rings. The number of rotatable bonds is 2. The van der Waals surface area contributed by atoms with Crippen LogP contribution in [0.3, 0.4) is 0 Å². The van der Waals surface area contributed by atoms with Crippen molar-refractivity contribution in [2.24, 2.45) is 0 Å². The minimum absolute atomic E-state index is 0.0565. The molecule has 0 saturated carbocycles. The summed E-state index contributed by atoms with van der Waals surface area (Å²) in [5.74, 6) is 0. The first-order valence-corrected chi connectivity index (χ1v) is 7.45. The van der Waals surface area contributed by atoms with Crippen molar-refractivity contribution in [3.63, 3.8) is 0 Å². The van der Waals surface area contributed by atoms with Gasteiger partial charge in [-0.3, -0.25) is 0 Å². The zero-order valence-electron chi connectivity index (χ0n) is 11.0. The van der Waals surface area contributed by atoms with Gasteiger partial charge in [-0.05, 0) is 58.1 Å². The van der Waals surface area contributed by atoms with Crippen molar-refractivity contribution in [3.05, 3.63) is 63.6 Å². The Balaban J connectivity index is 1.89. The molecule has 0 amide bonds. The zero-order valence-corrected chi connectivity index (χ0v) is 12.6. The molecule has 0 radical (unpaired) electrons. The lowest BCUT2D eigenvalue weighted by molar-refractivity contribution is -0.137. The molecule has 1 atom stereocenters. The molecule has 21 heavy (non-hydrogen) atoms.